The highest BCUT2D eigenvalue weighted by Gasteiger charge is 2.67. The zero-order valence-electron chi connectivity index (χ0n) is 16.8. The molecule has 2 bridgehead atoms. The Bertz CT molecular complexity index is 1130. The fourth-order valence-electron chi connectivity index (χ4n) is 5.80. The Morgan fingerprint density at radius 3 is 2.16 bits per heavy atom. The van der Waals surface area contributed by atoms with Gasteiger partial charge in [0.25, 0.3) is 0 Å². The molecule has 6 atom stereocenters. The Labute approximate surface area is 184 Å². The lowest BCUT2D eigenvalue weighted by Gasteiger charge is -2.37. The van der Waals surface area contributed by atoms with Crippen LogP contribution in [0.1, 0.15) is 22.3 Å². The molecule has 156 valence electrons. The molecule has 3 fully saturated rings. The molecule has 1 saturated heterocycles. The van der Waals surface area contributed by atoms with Gasteiger partial charge in [0, 0.05) is 5.02 Å². The van der Waals surface area contributed by atoms with E-state index >= 15 is 0 Å². The molecule has 0 N–H and O–H groups in total. The summed E-state index contributed by atoms with van der Waals surface area (Å²) in [7, 11) is 0. The lowest BCUT2D eigenvalue weighted by Crippen LogP contribution is -2.40. The molecule has 1 aliphatic heterocycles. The zero-order valence-corrected chi connectivity index (χ0v) is 17.6. The summed E-state index contributed by atoms with van der Waals surface area (Å²) in [4.78, 5) is 40.2. The summed E-state index contributed by atoms with van der Waals surface area (Å²) < 4.78 is 5.42. The van der Waals surface area contributed by atoms with Crippen LogP contribution in [0.3, 0.4) is 0 Å². The molecule has 0 unspecified atom stereocenters. The monoisotopic (exact) mass is 433 g/mol. The summed E-state index contributed by atoms with van der Waals surface area (Å²) in [5, 5.41) is 0.602. The van der Waals surface area contributed by atoms with Crippen LogP contribution >= 0.6 is 11.6 Å². The van der Waals surface area contributed by atoms with Gasteiger partial charge in [0.15, 0.2) is 0 Å². The first kappa shape index (κ1) is 18.8. The van der Waals surface area contributed by atoms with E-state index < -0.39 is 5.97 Å². The summed E-state index contributed by atoms with van der Waals surface area (Å²) in [6, 6.07) is 11.5. The van der Waals surface area contributed by atoms with Crippen LogP contribution in [-0.2, 0) is 9.59 Å². The maximum atomic E-state index is 13.2. The lowest BCUT2D eigenvalue weighted by molar-refractivity contribution is -0.124. The molecule has 31 heavy (non-hydrogen) atoms. The van der Waals surface area contributed by atoms with E-state index in [0.717, 1.165) is 12.0 Å². The number of halogens is 1. The number of rotatable bonds is 3. The highest BCUT2D eigenvalue weighted by Crippen LogP contribution is 2.65. The number of allylic oxidation sites excluding steroid dienone is 2. The number of benzene rings is 2. The Morgan fingerprint density at radius 1 is 0.968 bits per heavy atom. The summed E-state index contributed by atoms with van der Waals surface area (Å²) in [5.74, 6) is 0.751. The van der Waals surface area contributed by atoms with Crippen LogP contribution in [0.15, 0.2) is 54.6 Å². The number of esters is 1. The first-order valence-electron chi connectivity index (χ1n) is 10.6. The van der Waals surface area contributed by atoms with Crippen molar-refractivity contribution in [2.24, 2.45) is 35.5 Å². The van der Waals surface area contributed by atoms with Crippen molar-refractivity contribution in [3.05, 3.63) is 70.8 Å². The van der Waals surface area contributed by atoms with Crippen LogP contribution in [0.5, 0.6) is 5.75 Å². The number of carbonyl (C=O) groups excluding carboxylic acids is 3. The maximum absolute atomic E-state index is 13.2. The van der Waals surface area contributed by atoms with Gasteiger partial charge in [0.05, 0.1) is 23.1 Å². The van der Waals surface area contributed by atoms with Crippen LogP contribution in [0.2, 0.25) is 5.02 Å². The molecule has 2 aromatic carbocycles. The van der Waals surface area contributed by atoms with Gasteiger partial charge < -0.3 is 4.74 Å². The highest BCUT2D eigenvalue weighted by molar-refractivity contribution is 6.31. The number of nitrogens with zero attached hydrogens (tertiary/aromatic N) is 1. The van der Waals surface area contributed by atoms with E-state index in [1.54, 1.807) is 42.5 Å². The normalized spacial score (nSPS) is 32.1. The molecular weight excluding hydrogens is 414 g/mol. The predicted octanol–water partition coefficient (Wildman–Crippen LogP) is 4.43. The molecular formula is C25H20ClNO4. The predicted molar refractivity (Wildman–Crippen MR) is 115 cm³/mol. The van der Waals surface area contributed by atoms with E-state index in [4.69, 9.17) is 16.3 Å². The van der Waals surface area contributed by atoms with E-state index in [1.807, 2.05) is 6.92 Å². The van der Waals surface area contributed by atoms with E-state index in [1.165, 1.54) is 4.90 Å². The average molecular weight is 434 g/mol. The van der Waals surface area contributed by atoms with Crippen molar-refractivity contribution in [2.45, 2.75) is 13.3 Å². The summed E-state index contributed by atoms with van der Waals surface area (Å²) >= 11 is 6.01. The fourth-order valence-corrected chi connectivity index (χ4v) is 5.92. The van der Waals surface area contributed by atoms with Crippen molar-refractivity contribution in [1.82, 2.24) is 0 Å². The number of imide groups is 1. The topological polar surface area (TPSA) is 63.7 Å². The highest BCUT2D eigenvalue weighted by atomic mass is 35.5. The first-order valence-corrected chi connectivity index (χ1v) is 11.0. The van der Waals surface area contributed by atoms with Gasteiger partial charge in [-0.1, -0.05) is 23.8 Å². The van der Waals surface area contributed by atoms with Crippen LogP contribution in [0.25, 0.3) is 0 Å². The van der Waals surface area contributed by atoms with Gasteiger partial charge >= 0.3 is 5.97 Å². The van der Waals surface area contributed by atoms with Crippen molar-refractivity contribution in [3.63, 3.8) is 0 Å². The van der Waals surface area contributed by atoms with Crippen molar-refractivity contribution < 1.29 is 19.1 Å². The van der Waals surface area contributed by atoms with Crippen molar-refractivity contribution in [1.29, 1.82) is 0 Å². The average Bonchev–Trinajstić information content (AvgIpc) is 3.54. The Morgan fingerprint density at radius 2 is 1.58 bits per heavy atom. The molecule has 0 radical (unpaired) electrons. The minimum atomic E-state index is -0.511. The molecule has 1 heterocycles. The Balaban J connectivity index is 1.22. The standard InChI is InChI=1S/C25H20ClNO4/c1-12-10-15(6-9-20(12)26)31-25(30)13-2-4-14(5-3-13)27-23(28)21-16-7-8-17(19-11-18(16)19)22(21)24(27)29/h2-10,16-19,21-22H,11H2,1H3/t16-,17-,18-,19-,21-,22+/m1/s1. The van der Waals surface area contributed by atoms with Crippen LogP contribution in [-0.4, -0.2) is 17.8 Å². The second-order valence-corrected chi connectivity index (χ2v) is 9.42. The molecule has 0 spiro atoms. The number of hydrogen-bond acceptors (Lipinski definition) is 4. The molecule has 2 amide bonds. The lowest BCUT2D eigenvalue weighted by atomic mass is 9.63. The van der Waals surface area contributed by atoms with Gasteiger partial charge in [-0.15, -0.1) is 0 Å². The van der Waals surface area contributed by atoms with Crippen LogP contribution in [0, 0.1) is 42.4 Å². The molecule has 6 heteroatoms. The van der Waals surface area contributed by atoms with Crippen LogP contribution in [0.4, 0.5) is 5.69 Å². The van der Waals surface area contributed by atoms with Gasteiger partial charge in [-0.3, -0.25) is 14.5 Å². The molecule has 0 aromatic heterocycles. The third kappa shape index (κ3) is 2.72. The molecule has 5 aliphatic rings. The number of anilines is 1. The number of carbonyl (C=O) groups is 3. The first-order chi connectivity index (χ1) is 14.9. The number of aryl methyl sites for hydroxylation is 1. The van der Waals surface area contributed by atoms with Gasteiger partial charge in [0.2, 0.25) is 11.8 Å². The minimum absolute atomic E-state index is 0.105. The summed E-state index contributed by atoms with van der Waals surface area (Å²) in [6.07, 6.45) is 5.46. The van der Waals surface area contributed by atoms with E-state index in [9.17, 15) is 14.4 Å². The summed E-state index contributed by atoms with van der Waals surface area (Å²) in [5.41, 5.74) is 1.67. The smallest absolute Gasteiger partial charge is 0.343 e. The molecule has 7 rings (SSSR count). The third-order valence-electron chi connectivity index (χ3n) is 7.36. The molecule has 4 aliphatic carbocycles. The van der Waals surface area contributed by atoms with Crippen molar-refractivity contribution >= 4 is 35.1 Å². The largest absolute Gasteiger partial charge is 0.423 e. The fraction of sp³-hybridized carbons (Fsp3) is 0.320. The molecule has 5 nitrogen and oxygen atoms in total. The number of amides is 2. The second-order valence-electron chi connectivity index (χ2n) is 9.01. The molecule has 2 aromatic rings. The van der Waals surface area contributed by atoms with E-state index in [2.05, 4.69) is 12.2 Å². The van der Waals surface area contributed by atoms with Gasteiger partial charge in [-0.25, -0.2) is 4.79 Å². The zero-order chi connectivity index (χ0) is 21.4. The van der Waals surface area contributed by atoms with E-state index in [0.29, 0.717) is 33.9 Å². The Hall–Kier alpha value is -2.92. The van der Waals surface area contributed by atoms with Gasteiger partial charge in [-0.05, 0) is 85.0 Å². The maximum Gasteiger partial charge on any atom is 0.343 e. The van der Waals surface area contributed by atoms with Crippen molar-refractivity contribution in [3.8, 4) is 5.75 Å². The second kappa shape index (κ2) is 6.54. The number of hydrogen-bond donors (Lipinski definition) is 0. The van der Waals surface area contributed by atoms with E-state index in [-0.39, 0.29) is 35.5 Å². The molecule has 2 saturated carbocycles. The third-order valence-corrected chi connectivity index (χ3v) is 7.79. The van der Waals surface area contributed by atoms with Gasteiger partial charge in [-0.2, -0.15) is 0 Å². The van der Waals surface area contributed by atoms with Crippen LogP contribution < -0.4 is 9.64 Å². The Kier molecular flexibility index (Phi) is 3.97. The summed E-state index contributed by atoms with van der Waals surface area (Å²) in [6.45, 7) is 1.83. The number of ether oxygens (including phenoxy) is 1. The SMILES string of the molecule is Cc1cc(OC(=O)c2ccc(N3C(=O)[C@@H]4[C@@H]5C=C[C@H]([C@H]6C[C@H]56)[C@@H]4C3=O)cc2)ccc1Cl. The van der Waals surface area contributed by atoms with Gasteiger partial charge in [0.1, 0.15) is 5.75 Å². The van der Waals surface area contributed by atoms with Crippen molar-refractivity contribution in [2.75, 3.05) is 4.90 Å². The minimum Gasteiger partial charge on any atom is -0.423 e. The quantitative estimate of drug-likeness (QED) is 0.311.